The average Bonchev–Trinajstić information content (AvgIpc) is 2.11. The number of benzene rings is 1. The molecule has 106 valence electrons. The van der Waals surface area contributed by atoms with Crippen LogP contribution in [0.4, 0.5) is 18.9 Å². The fraction of sp³-hybridized carbons (Fsp3) is 0.222. The Hall–Kier alpha value is -1.97. The van der Waals surface area contributed by atoms with Crippen LogP contribution >= 0.6 is 0 Å². The molecule has 0 bridgehead atoms. The topological polar surface area (TPSA) is 95.5 Å². The predicted octanol–water partition coefficient (Wildman–Crippen LogP) is 0.320. The number of nitrogens with one attached hydrogen (secondary N) is 1. The fourth-order valence-electron chi connectivity index (χ4n) is 1.18. The summed E-state index contributed by atoms with van der Waals surface area (Å²) in [5.41, 5.74) is -1.19. The van der Waals surface area contributed by atoms with Gasteiger partial charge >= 0.3 is 6.36 Å². The average molecular weight is 298 g/mol. The first-order valence-corrected chi connectivity index (χ1v) is 6.46. The minimum Gasteiger partial charge on any atom is -0.545 e. The van der Waals surface area contributed by atoms with Crippen LogP contribution in [0.15, 0.2) is 18.2 Å². The molecule has 6 nitrogen and oxygen atoms in total. The Morgan fingerprint density at radius 2 is 1.95 bits per heavy atom. The number of carbonyl (C=O) groups is 1. The second-order valence-corrected chi connectivity index (χ2v) is 5.17. The number of rotatable bonds is 4. The van der Waals surface area contributed by atoms with E-state index >= 15 is 0 Å². The molecule has 0 unspecified atom stereocenters. The number of hydrogen-bond acceptors (Lipinski definition) is 5. The number of hydrogen-bond donors (Lipinski definition) is 1. The molecule has 0 aliphatic carbocycles. The van der Waals surface area contributed by atoms with Crippen LogP contribution < -0.4 is 14.6 Å². The van der Waals surface area contributed by atoms with Gasteiger partial charge in [-0.2, -0.15) is 0 Å². The number of carboxylic acid groups (broad SMARTS) is 1. The summed E-state index contributed by atoms with van der Waals surface area (Å²) in [5.74, 6) is -2.51. The van der Waals surface area contributed by atoms with Crippen LogP contribution in [-0.2, 0) is 10.0 Å². The second kappa shape index (κ2) is 4.96. The van der Waals surface area contributed by atoms with Crippen LogP contribution in [0.3, 0.4) is 0 Å². The zero-order valence-corrected chi connectivity index (χ0v) is 10.1. The summed E-state index contributed by atoms with van der Waals surface area (Å²) in [6.07, 6.45) is -4.27. The Labute approximate surface area is 105 Å². The zero-order valence-electron chi connectivity index (χ0n) is 9.32. The van der Waals surface area contributed by atoms with Gasteiger partial charge in [0.15, 0.2) is 0 Å². The third-order valence-corrected chi connectivity index (χ3v) is 2.33. The number of sulfonamides is 1. The largest absolute Gasteiger partial charge is 0.573 e. The van der Waals surface area contributed by atoms with Gasteiger partial charge in [-0.1, -0.05) is 0 Å². The van der Waals surface area contributed by atoms with E-state index in [1.54, 1.807) is 4.72 Å². The van der Waals surface area contributed by atoms with Crippen molar-refractivity contribution >= 4 is 21.7 Å². The van der Waals surface area contributed by atoms with Crippen LogP contribution in [0.25, 0.3) is 0 Å². The van der Waals surface area contributed by atoms with Crippen molar-refractivity contribution in [2.24, 2.45) is 0 Å². The van der Waals surface area contributed by atoms with E-state index in [0.29, 0.717) is 12.3 Å². The Bertz CT molecular complexity index is 596. The third-order valence-electron chi connectivity index (χ3n) is 1.74. The standard InChI is InChI=1S/C9H8F3NO5S/c1-19(16,17)13-7-4-5(18-9(10,11)12)2-3-6(7)8(14)15/h2-4,13H,1H3,(H,14,15)/p-1. The lowest BCUT2D eigenvalue weighted by Gasteiger charge is -2.14. The molecule has 0 saturated heterocycles. The molecular weight excluding hydrogens is 291 g/mol. The fourth-order valence-corrected chi connectivity index (χ4v) is 1.75. The molecule has 0 aliphatic heterocycles. The first-order chi connectivity index (χ1) is 8.48. The van der Waals surface area contributed by atoms with Gasteiger partial charge in [-0.25, -0.2) is 8.42 Å². The Morgan fingerprint density at radius 3 is 2.37 bits per heavy atom. The zero-order chi connectivity index (χ0) is 14.8. The first-order valence-electron chi connectivity index (χ1n) is 4.57. The van der Waals surface area contributed by atoms with E-state index in [-0.39, 0.29) is 0 Å². The molecule has 0 atom stereocenters. The first kappa shape index (κ1) is 15.1. The highest BCUT2D eigenvalue weighted by molar-refractivity contribution is 7.92. The van der Waals surface area contributed by atoms with Crippen LogP contribution in [-0.4, -0.2) is 27.0 Å². The smallest absolute Gasteiger partial charge is 0.545 e. The highest BCUT2D eigenvalue weighted by Gasteiger charge is 2.31. The molecule has 0 saturated carbocycles. The summed E-state index contributed by atoms with van der Waals surface area (Å²) < 4.78 is 63.2. The molecule has 0 aliphatic rings. The molecule has 0 aromatic heterocycles. The van der Waals surface area contributed by atoms with E-state index in [1.165, 1.54) is 0 Å². The van der Waals surface area contributed by atoms with Gasteiger partial charge in [-0.05, 0) is 12.1 Å². The van der Waals surface area contributed by atoms with Gasteiger partial charge in [0.2, 0.25) is 10.0 Å². The summed E-state index contributed by atoms with van der Waals surface area (Å²) in [4.78, 5) is 10.7. The Balaban J connectivity index is 3.22. The van der Waals surface area contributed by atoms with Crippen molar-refractivity contribution in [2.75, 3.05) is 11.0 Å². The van der Waals surface area contributed by atoms with E-state index < -0.39 is 39.4 Å². The minimum absolute atomic E-state index is 0.579. The van der Waals surface area contributed by atoms with Gasteiger partial charge in [0.1, 0.15) is 5.75 Å². The van der Waals surface area contributed by atoms with Gasteiger partial charge in [0.25, 0.3) is 0 Å². The molecule has 1 aromatic carbocycles. The van der Waals surface area contributed by atoms with Crippen molar-refractivity contribution in [3.8, 4) is 5.75 Å². The summed E-state index contributed by atoms with van der Waals surface area (Å²) in [6, 6.07) is 2.07. The van der Waals surface area contributed by atoms with Gasteiger partial charge in [0.05, 0.1) is 17.9 Å². The van der Waals surface area contributed by atoms with E-state index in [4.69, 9.17) is 0 Å². The monoisotopic (exact) mass is 298 g/mol. The number of carbonyl (C=O) groups excluding carboxylic acids is 1. The van der Waals surface area contributed by atoms with E-state index in [1.807, 2.05) is 0 Å². The minimum atomic E-state index is -4.98. The summed E-state index contributed by atoms with van der Waals surface area (Å²) >= 11 is 0. The molecular formula is C9H7F3NO5S-. The van der Waals surface area contributed by atoms with E-state index in [0.717, 1.165) is 12.1 Å². The van der Waals surface area contributed by atoms with Gasteiger partial charge in [-0.15, -0.1) is 13.2 Å². The Kier molecular flexibility index (Phi) is 3.94. The van der Waals surface area contributed by atoms with Gasteiger partial charge in [-0.3, -0.25) is 4.72 Å². The molecule has 0 heterocycles. The predicted molar refractivity (Wildman–Crippen MR) is 55.9 cm³/mol. The number of carboxylic acids is 1. The highest BCUT2D eigenvalue weighted by atomic mass is 32.2. The lowest BCUT2D eigenvalue weighted by Crippen LogP contribution is -2.25. The van der Waals surface area contributed by atoms with Crippen LogP contribution in [0.2, 0.25) is 0 Å². The lowest BCUT2D eigenvalue weighted by atomic mass is 10.2. The van der Waals surface area contributed by atoms with Crippen molar-refractivity contribution in [3.05, 3.63) is 23.8 Å². The summed E-state index contributed by atoms with van der Waals surface area (Å²) in [7, 11) is -3.87. The summed E-state index contributed by atoms with van der Waals surface area (Å²) in [6.45, 7) is 0. The molecule has 0 radical (unpaired) electrons. The molecule has 1 rings (SSSR count). The van der Waals surface area contributed by atoms with Crippen molar-refractivity contribution in [2.45, 2.75) is 6.36 Å². The molecule has 1 N–H and O–H groups in total. The number of halogens is 3. The van der Waals surface area contributed by atoms with E-state index in [2.05, 4.69) is 4.74 Å². The molecule has 10 heteroatoms. The molecule has 1 aromatic rings. The summed E-state index contributed by atoms with van der Waals surface area (Å²) in [5, 5.41) is 10.7. The lowest BCUT2D eigenvalue weighted by molar-refractivity contribution is -0.274. The molecule has 19 heavy (non-hydrogen) atoms. The maximum Gasteiger partial charge on any atom is 0.573 e. The van der Waals surface area contributed by atoms with E-state index in [9.17, 15) is 31.5 Å². The van der Waals surface area contributed by atoms with Crippen molar-refractivity contribution in [3.63, 3.8) is 0 Å². The number of alkyl halides is 3. The maximum absolute atomic E-state index is 12.0. The van der Waals surface area contributed by atoms with Crippen molar-refractivity contribution in [1.82, 2.24) is 0 Å². The molecule has 0 fully saturated rings. The van der Waals surface area contributed by atoms with Crippen molar-refractivity contribution in [1.29, 1.82) is 0 Å². The maximum atomic E-state index is 12.0. The van der Waals surface area contributed by atoms with Crippen LogP contribution in [0.5, 0.6) is 5.75 Å². The SMILES string of the molecule is CS(=O)(=O)Nc1cc(OC(F)(F)F)ccc1C(=O)[O-]. The quantitative estimate of drug-likeness (QED) is 0.863. The molecule has 0 spiro atoms. The second-order valence-electron chi connectivity index (χ2n) is 3.42. The molecule has 0 amide bonds. The number of anilines is 1. The van der Waals surface area contributed by atoms with Crippen LogP contribution in [0, 0.1) is 0 Å². The highest BCUT2D eigenvalue weighted by Crippen LogP contribution is 2.27. The third kappa shape index (κ3) is 5.04. The van der Waals surface area contributed by atoms with Crippen LogP contribution in [0.1, 0.15) is 10.4 Å². The Morgan fingerprint density at radius 1 is 1.37 bits per heavy atom. The number of aromatic carboxylic acids is 1. The normalized spacial score (nSPS) is 12.0. The van der Waals surface area contributed by atoms with Crippen molar-refractivity contribution < 1.29 is 36.2 Å². The van der Waals surface area contributed by atoms with Gasteiger partial charge in [0, 0.05) is 11.6 Å². The van der Waals surface area contributed by atoms with Gasteiger partial charge < -0.3 is 14.6 Å². The number of ether oxygens (including phenoxy) is 1.